The number of amides is 1. The van der Waals surface area contributed by atoms with Crippen LogP contribution in [0.3, 0.4) is 0 Å². The van der Waals surface area contributed by atoms with Gasteiger partial charge in [0.1, 0.15) is 30.5 Å². The van der Waals surface area contributed by atoms with Crippen LogP contribution in [0.1, 0.15) is 0 Å². The molecule has 0 bridgehead atoms. The van der Waals surface area contributed by atoms with E-state index < -0.39 is 6.09 Å². The molecule has 2 rings (SSSR count). The SMILES string of the molecule is C=CCOC(=O)NCCOc1ccc(Oc2cccc(Cl)c2)cc1. The van der Waals surface area contributed by atoms with Gasteiger partial charge in [-0.05, 0) is 42.5 Å². The van der Waals surface area contributed by atoms with E-state index in [4.69, 9.17) is 25.8 Å². The summed E-state index contributed by atoms with van der Waals surface area (Å²) < 4.78 is 16.0. The van der Waals surface area contributed by atoms with E-state index in [-0.39, 0.29) is 6.61 Å². The van der Waals surface area contributed by atoms with Gasteiger partial charge in [0.15, 0.2) is 0 Å². The molecule has 24 heavy (non-hydrogen) atoms. The van der Waals surface area contributed by atoms with Crippen LogP contribution in [0.25, 0.3) is 0 Å². The Hall–Kier alpha value is -2.66. The molecule has 0 fully saturated rings. The minimum absolute atomic E-state index is 0.181. The average Bonchev–Trinajstić information content (AvgIpc) is 2.58. The molecule has 0 atom stereocenters. The largest absolute Gasteiger partial charge is 0.492 e. The Morgan fingerprint density at radius 2 is 1.88 bits per heavy atom. The molecule has 0 unspecified atom stereocenters. The zero-order valence-electron chi connectivity index (χ0n) is 13.0. The molecule has 1 amide bonds. The van der Waals surface area contributed by atoms with Crippen molar-refractivity contribution < 1.29 is 19.0 Å². The summed E-state index contributed by atoms with van der Waals surface area (Å²) in [5, 5.41) is 3.18. The summed E-state index contributed by atoms with van der Waals surface area (Å²) in [6, 6.07) is 14.3. The number of carbonyl (C=O) groups is 1. The van der Waals surface area contributed by atoms with Crippen molar-refractivity contribution in [2.24, 2.45) is 0 Å². The van der Waals surface area contributed by atoms with Gasteiger partial charge in [0.2, 0.25) is 0 Å². The molecule has 0 aromatic heterocycles. The number of benzene rings is 2. The summed E-state index contributed by atoms with van der Waals surface area (Å²) in [4.78, 5) is 11.2. The van der Waals surface area contributed by atoms with E-state index in [1.54, 1.807) is 36.4 Å². The Balaban J connectivity index is 1.74. The molecule has 126 valence electrons. The highest BCUT2D eigenvalue weighted by Crippen LogP contribution is 2.25. The summed E-state index contributed by atoms with van der Waals surface area (Å²) in [6.45, 7) is 4.32. The third-order valence-electron chi connectivity index (χ3n) is 2.83. The molecule has 0 aliphatic heterocycles. The van der Waals surface area contributed by atoms with Crippen LogP contribution in [0.2, 0.25) is 5.02 Å². The number of hydrogen-bond donors (Lipinski definition) is 1. The van der Waals surface area contributed by atoms with Gasteiger partial charge in [0.25, 0.3) is 0 Å². The fraction of sp³-hybridized carbons (Fsp3) is 0.167. The lowest BCUT2D eigenvalue weighted by Gasteiger charge is -2.09. The fourth-order valence-electron chi connectivity index (χ4n) is 1.78. The first kappa shape index (κ1) is 17.7. The first-order valence-electron chi connectivity index (χ1n) is 7.35. The maximum Gasteiger partial charge on any atom is 0.407 e. The number of nitrogens with one attached hydrogen (secondary N) is 1. The molecular formula is C18H18ClNO4. The van der Waals surface area contributed by atoms with E-state index in [1.807, 2.05) is 12.1 Å². The average molecular weight is 348 g/mol. The second kappa shape index (κ2) is 9.47. The predicted octanol–water partition coefficient (Wildman–Crippen LogP) is 4.42. The summed E-state index contributed by atoms with van der Waals surface area (Å²) in [5.74, 6) is 2.02. The molecule has 5 nitrogen and oxygen atoms in total. The number of ether oxygens (including phenoxy) is 3. The standard InChI is InChI=1S/C18H18ClNO4/c1-2-11-23-18(21)20-10-12-22-15-6-8-16(9-7-15)24-17-5-3-4-14(19)13-17/h2-9,13H,1,10-12H2,(H,20,21). The van der Waals surface area contributed by atoms with Gasteiger partial charge in [0.05, 0.1) is 6.54 Å². The minimum Gasteiger partial charge on any atom is -0.492 e. The normalized spacial score (nSPS) is 9.88. The number of carbonyl (C=O) groups excluding carboxylic acids is 1. The van der Waals surface area contributed by atoms with Gasteiger partial charge in [-0.3, -0.25) is 0 Å². The van der Waals surface area contributed by atoms with E-state index >= 15 is 0 Å². The Kier molecular flexibility index (Phi) is 6.98. The Labute approximate surface area is 145 Å². The molecule has 0 spiro atoms. The molecule has 0 heterocycles. The molecule has 0 saturated heterocycles. The third-order valence-corrected chi connectivity index (χ3v) is 3.06. The fourth-order valence-corrected chi connectivity index (χ4v) is 1.96. The molecule has 2 aromatic rings. The number of halogens is 1. The van der Waals surface area contributed by atoms with Crippen LogP contribution >= 0.6 is 11.6 Å². The van der Waals surface area contributed by atoms with Crippen LogP contribution < -0.4 is 14.8 Å². The van der Waals surface area contributed by atoms with E-state index in [2.05, 4.69) is 11.9 Å². The van der Waals surface area contributed by atoms with Gasteiger partial charge >= 0.3 is 6.09 Å². The first-order chi connectivity index (χ1) is 11.7. The van der Waals surface area contributed by atoms with Crippen molar-refractivity contribution in [2.75, 3.05) is 19.8 Å². The molecule has 0 saturated carbocycles. The van der Waals surface area contributed by atoms with Gasteiger partial charge in [0, 0.05) is 5.02 Å². The van der Waals surface area contributed by atoms with E-state index in [1.165, 1.54) is 6.08 Å². The van der Waals surface area contributed by atoms with Gasteiger partial charge in [-0.2, -0.15) is 0 Å². The minimum atomic E-state index is -0.497. The maximum absolute atomic E-state index is 11.2. The zero-order valence-corrected chi connectivity index (χ0v) is 13.8. The van der Waals surface area contributed by atoms with Crippen LogP contribution in [-0.4, -0.2) is 25.9 Å². The van der Waals surface area contributed by atoms with Crippen molar-refractivity contribution in [1.82, 2.24) is 5.32 Å². The van der Waals surface area contributed by atoms with Crippen molar-refractivity contribution in [3.63, 3.8) is 0 Å². The molecule has 2 aromatic carbocycles. The first-order valence-corrected chi connectivity index (χ1v) is 7.73. The van der Waals surface area contributed by atoms with Crippen LogP contribution in [0.5, 0.6) is 17.2 Å². The molecule has 0 aliphatic rings. The van der Waals surface area contributed by atoms with Crippen molar-refractivity contribution in [3.05, 3.63) is 66.2 Å². The Bertz CT molecular complexity index is 673. The molecule has 0 aliphatic carbocycles. The lowest BCUT2D eigenvalue weighted by atomic mass is 10.3. The molecule has 6 heteroatoms. The van der Waals surface area contributed by atoms with E-state index in [9.17, 15) is 4.79 Å². The number of rotatable bonds is 8. The van der Waals surface area contributed by atoms with Crippen molar-refractivity contribution in [2.45, 2.75) is 0 Å². The predicted molar refractivity (Wildman–Crippen MR) is 93.0 cm³/mol. The van der Waals surface area contributed by atoms with Gasteiger partial charge in [-0.25, -0.2) is 4.79 Å². The molecular weight excluding hydrogens is 330 g/mol. The van der Waals surface area contributed by atoms with Crippen LogP contribution in [-0.2, 0) is 4.74 Å². The number of hydrogen-bond acceptors (Lipinski definition) is 4. The van der Waals surface area contributed by atoms with Crippen LogP contribution in [0.4, 0.5) is 4.79 Å². The Morgan fingerprint density at radius 1 is 1.12 bits per heavy atom. The second-order valence-corrected chi connectivity index (χ2v) is 5.13. The Morgan fingerprint density at radius 3 is 2.58 bits per heavy atom. The highest BCUT2D eigenvalue weighted by atomic mass is 35.5. The zero-order chi connectivity index (χ0) is 17.2. The lowest BCUT2D eigenvalue weighted by Crippen LogP contribution is -2.28. The second-order valence-electron chi connectivity index (χ2n) is 4.69. The summed E-state index contributed by atoms with van der Waals surface area (Å²) in [6.07, 6.45) is 1.01. The van der Waals surface area contributed by atoms with Crippen molar-refractivity contribution >= 4 is 17.7 Å². The summed E-state index contributed by atoms with van der Waals surface area (Å²) >= 11 is 5.91. The van der Waals surface area contributed by atoms with Gasteiger partial charge in [-0.15, -0.1) is 0 Å². The quantitative estimate of drug-likeness (QED) is 0.567. The highest BCUT2D eigenvalue weighted by molar-refractivity contribution is 6.30. The number of alkyl carbamates (subject to hydrolysis) is 1. The molecule has 1 N–H and O–H groups in total. The van der Waals surface area contributed by atoms with E-state index in [0.717, 1.165) is 0 Å². The van der Waals surface area contributed by atoms with Crippen LogP contribution in [0.15, 0.2) is 61.2 Å². The third kappa shape index (κ3) is 6.22. The monoisotopic (exact) mass is 347 g/mol. The topological polar surface area (TPSA) is 56.8 Å². The van der Waals surface area contributed by atoms with E-state index in [0.29, 0.717) is 35.4 Å². The van der Waals surface area contributed by atoms with Crippen LogP contribution in [0, 0.1) is 0 Å². The highest BCUT2D eigenvalue weighted by Gasteiger charge is 2.01. The smallest absolute Gasteiger partial charge is 0.407 e. The van der Waals surface area contributed by atoms with Gasteiger partial charge in [-0.1, -0.05) is 30.3 Å². The van der Waals surface area contributed by atoms with Crippen molar-refractivity contribution in [3.8, 4) is 17.2 Å². The van der Waals surface area contributed by atoms with Gasteiger partial charge < -0.3 is 19.5 Å². The summed E-state index contributed by atoms with van der Waals surface area (Å²) in [5.41, 5.74) is 0. The summed E-state index contributed by atoms with van der Waals surface area (Å²) in [7, 11) is 0. The lowest BCUT2D eigenvalue weighted by molar-refractivity contribution is 0.156. The maximum atomic E-state index is 11.2. The molecule has 0 radical (unpaired) electrons. The van der Waals surface area contributed by atoms with Crippen molar-refractivity contribution in [1.29, 1.82) is 0 Å².